The molecule has 0 unspecified atom stereocenters. The number of hydrogen-bond donors (Lipinski definition) is 3. The third kappa shape index (κ3) is 3.96. The summed E-state index contributed by atoms with van der Waals surface area (Å²) in [6, 6.07) is 7.77. The minimum absolute atomic E-state index is 0.0510. The highest BCUT2D eigenvalue weighted by Gasteiger charge is 2.39. The first-order valence-corrected chi connectivity index (χ1v) is 10.6. The molecule has 0 spiro atoms. The van der Waals surface area contributed by atoms with Gasteiger partial charge in [0.2, 0.25) is 0 Å². The zero-order valence-electron chi connectivity index (χ0n) is 17.8. The fourth-order valence-electron chi connectivity index (χ4n) is 4.23. The molecule has 5 rings (SSSR count). The predicted octanol–water partition coefficient (Wildman–Crippen LogP) is 2.94. The van der Waals surface area contributed by atoms with Crippen LogP contribution in [0.2, 0.25) is 0 Å². The summed E-state index contributed by atoms with van der Waals surface area (Å²) in [4.78, 5) is 34.9. The number of rotatable bonds is 4. The van der Waals surface area contributed by atoms with E-state index in [0.29, 0.717) is 30.9 Å². The second-order valence-corrected chi connectivity index (χ2v) is 8.01. The second kappa shape index (κ2) is 8.58. The van der Waals surface area contributed by atoms with Crippen LogP contribution < -0.4 is 21.3 Å². The number of anilines is 3. The van der Waals surface area contributed by atoms with Crippen LogP contribution in [0.3, 0.4) is 0 Å². The molecule has 2 aliphatic rings. The van der Waals surface area contributed by atoms with Crippen LogP contribution in [0, 0.1) is 11.6 Å². The average Bonchev–Trinajstić information content (AvgIpc) is 3.19. The van der Waals surface area contributed by atoms with Gasteiger partial charge in [0, 0.05) is 25.7 Å². The summed E-state index contributed by atoms with van der Waals surface area (Å²) in [5.74, 6) is -2.26. The number of benzene rings is 1. The Morgan fingerprint density at radius 3 is 2.79 bits per heavy atom. The first-order valence-electron chi connectivity index (χ1n) is 10.6. The van der Waals surface area contributed by atoms with Crippen LogP contribution in [0.4, 0.5) is 30.6 Å². The lowest BCUT2D eigenvalue weighted by molar-refractivity contribution is 0.102. The highest BCUT2D eigenvalue weighted by molar-refractivity contribution is 6.08. The number of carbonyl (C=O) groups is 2. The number of pyridine rings is 2. The Labute approximate surface area is 192 Å². The predicted molar refractivity (Wildman–Crippen MR) is 120 cm³/mol. The molecular weight excluding hydrogens is 446 g/mol. The van der Waals surface area contributed by atoms with Crippen molar-refractivity contribution in [3.8, 4) is 11.3 Å². The fourth-order valence-corrected chi connectivity index (χ4v) is 4.23. The standard InChI is InChI=1S/C23H20F2N6O3/c24-12-2-1-3-13(25)20(12)15-5-4-14(26)21(28-15)22(32)29-16-10-27-8-6-18(16)31-9-7-19-17(11-31)30-23(33)34-19/h1-6,8,10,17,19H,7,9,11,26H2,(H,29,32)(H,30,33)/t17-,19+/m0/s1. The SMILES string of the molecule is Nc1ccc(-c2c(F)cccc2F)nc1C(=O)Nc1cnccc1N1CC[C@H]2OC(=O)N[C@H]2C1. The van der Waals surface area contributed by atoms with Crippen molar-refractivity contribution in [2.75, 3.05) is 29.0 Å². The number of nitrogen functional groups attached to an aromatic ring is 1. The number of hydrogen-bond acceptors (Lipinski definition) is 7. The second-order valence-electron chi connectivity index (χ2n) is 8.01. The van der Waals surface area contributed by atoms with Crippen molar-refractivity contribution in [3.63, 3.8) is 0 Å². The summed E-state index contributed by atoms with van der Waals surface area (Å²) < 4.78 is 33.7. The van der Waals surface area contributed by atoms with Crippen LogP contribution in [0.15, 0.2) is 48.8 Å². The Bertz CT molecular complexity index is 1270. The molecule has 2 aliphatic heterocycles. The summed E-state index contributed by atoms with van der Waals surface area (Å²) in [5.41, 5.74) is 6.53. The number of nitrogens with one attached hydrogen (secondary N) is 2. The van der Waals surface area contributed by atoms with Gasteiger partial charge in [-0.2, -0.15) is 0 Å². The van der Waals surface area contributed by atoms with E-state index in [2.05, 4.69) is 20.6 Å². The van der Waals surface area contributed by atoms with Crippen LogP contribution in [-0.4, -0.2) is 47.2 Å². The molecule has 11 heteroatoms. The summed E-state index contributed by atoms with van der Waals surface area (Å²) in [6.45, 7) is 1.09. The number of ether oxygens (including phenoxy) is 1. The van der Waals surface area contributed by atoms with Gasteiger partial charge in [0.15, 0.2) is 5.69 Å². The van der Waals surface area contributed by atoms with E-state index in [1.54, 1.807) is 12.3 Å². The molecule has 0 radical (unpaired) electrons. The van der Waals surface area contributed by atoms with Crippen molar-refractivity contribution in [2.45, 2.75) is 18.6 Å². The van der Waals surface area contributed by atoms with E-state index in [-0.39, 0.29) is 34.8 Å². The number of alkyl carbamates (subject to hydrolysis) is 1. The van der Waals surface area contributed by atoms with Crippen molar-refractivity contribution in [3.05, 3.63) is 66.1 Å². The zero-order chi connectivity index (χ0) is 23.8. The number of carbonyl (C=O) groups excluding carboxylic acids is 2. The van der Waals surface area contributed by atoms with Crippen molar-refractivity contribution in [1.82, 2.24) is 15.3 Å². The lowest BCUT2D eigenvalue weighted by Crippen LogP contribution is -2.49. The van der Waals surface area contributed by atoms with Crippen LogP contribution >= 0.6 is 0 Å². The molecular formula is C23H20F2N6O3. The number of amides is 2. The molecule has 0 saturated carbocycles. The van der Waals surface area contributed by atoms with Gasteiger partial charge in [-0.1, -0.05) is 6.07 Å². The first-order chi connectivity index (χ1) is 16.4. The number of fused-ring (bicyclic) bond motifs is 1. The summed E-state index contributed by atoms with van der Waals surface area (Å²) >= 11 is 0. The van der Waals surface area contributed by atoms with E-state index in [0.717, 1.165) is 12.1 Å². The first kappa shape index (κ1) is 21.6. The summed E-state index contributed by atoms with van der Waals surface area (Å²) in [5, 5.41) is 5.54. The van der Waals surface area contributed by atoms with Crippen LogP contribution in [-0.2, 0) is 4.74 Å². The molecule has 4 heterocycles. The third-order valence-electron chi connectivity index (χ3n) is 5.86. The van der Waals surface area contributed by atoms with Gasteiger partial charge in [-0.05, 0) is 30.3 Å². The molecule has 2 saturated heterocycles. The van der Waals surface area contributed by atoms with E-state index in [4.69, 9.17) is 10.5 Å². The van der Waals surface area contributed by atoms with Crippen molar-refractivity contribution >= 4 is 29.1 Å². The molecule has 1 aromatic carbocycles. The highest BCUT2D eigenvalue weighted by atomic mass is 19.1. The number of nitrogens with two attached hydrogens (primary N) is 1. The highest BCUT2D eigenvalue weighted by Crippen LogP contribution is 2.31. The van der Waals surface area contributed by atoms with Gasteiger partial charge in [-0.15, -0.1) is 0 Å². The van der Waals surface area contributed by atoms with E-state index in [1.165, 1.54) is 24.4 Å². The molecule has 2 aromatic heterocycles. The zero-order valence-corrected chi connectivity index (χ0v) is 17.8. The van der Waals surface area contributed by atoms with Gasteiger partial charge in [0.25, 0.3) is 5.91 Å². The molecule has 174 valence electrons. The fraction of sp³-hybridized carbons (Fsp3) is 0.217. The minimum atomic E-state index is -0.801. The van der Waals surface area contributed by atoms with Gasteiger partial charge < -0.3 is 26.0 Å². The Morgan fingerprint density at radius 2 is 2.00 bits per heavy atom. The van der Waals surface area contributed by atoms with E-state index < -0.39 is 23.6 Å². The molecule has 3 aromatic rings. The summed E-state index contributed by atoms with van der Waals surface area (Å²) in [6.07, 6.45) is 3.08. The van der Waals surface area contributed by atoms with Crippen LogP contribution in [0.1, 0.15) is 16.9 Å². The minimum Gasteiger partial charge on any atom is -0.444 e. The molecule has 0 bridgehead atoms. The largest absolute Gasteiger partial charge is 0.444 e. The van der Waals surface area contributed by atoms with E-state index >= 15 is 0 Å². The Morgan fingerprint density at radius 1 is 1.21 bits per heavy atom. The maximum absolute atomic E-state index is 14.2. The van der Waals surface area contributed by atoms with Gasteiger partial charge in [0.1, 0.15) is 17.7 Å². The van der Waals surface area contributed by atoms with E-state index in [1.807, 2.05) is 4.90 Å². The lowest BCUT2D eigenvalue weighted by Gasteiger charge is -2.35. The number of halogens is 2. The maximum atomic E-state index is 14.2. The Kier molecular flexibility index (Phi) is 5.44. The van der Waals surface area contributed by atoms with Crippen molar-refractivity contribution in [2.24, 2.45) is 0 Å². The number of aromatic nitrogens is 2. The van der Waals surface area contributed by atoms with Crippen molar-refractivity contribution in [1.29, 1.82) is 0 Å². The smallest absolute Gasteiger partial charge is 0.407 e. The number of nitrogens with zero attached hydrogens (tertiary/aromatic N) is 3. The maximum Gasteiger partial charge on any atom is 0.407 e. The molecule has 2 amide bonds. The van der Waals surface area contributed by atoms with Gasteiger partial charge in [-0.3, -0.25) is 9.78 Å². The molecule has 9 nitrogen and oxygen atoms in total. The molecule has 34 heavy (non-hydrogen) atoms. The topological polar surface area (TPSA) is 122 Å². The summed E-state index contributed by atoms with van der Waals surface area (Å²) in [7, 11) is 0. The third-order valence-corrected chi connectivity index (χ3v) is 5.86. The van der Waals surface area contributed by atoms with Crippen LogP contribution in [0.25, 0.3) is 11.3 Å². The van der Waals surface area contributed by atoms with Gasteiger partial charge in [-0.25, -0.2) is 18.6 Å². The Balaban J connectivity index is 1.41. The average molecular weight is 466 g/mol. The van der Waals surface area contributed by atoms with Crippen molar-refractivity contribution < 1.29 is 23.1 Å². The molecule has 0 aliphatic carbocycles. The van der Waals surface area contributed by atoms with Gasteiger partial charge in [0.05, 0.1) is 40.6 Å². The monoisotopic (exact) mass is 466 g/mol. The van der Waals surface area contributed by atoms with Gasteiger partial charge >= 0.3 is 6.09 Å². The normalized spacial score (nSPS) is 19.2. The molecule has 4 N–H and O–H groups in total. The van der Waals surface area contributed by atoms with Crippen LogP contribution in [0.5, 0.6) is 0 Å². The number of piperidine rings is 1. The van der Waals surface area contributed by atoms with E-state index in [9.17, 15) is 18.4 Å². The molecule has 2 fully saturated rings. The quantitative estimate of drug-likeness (QED) is 0.540. The lowest BCUT2D eigenvalue weighted by atomic mass is 10.0. The molecule has 2 atom stereocenters. The Hall–Kier alpha value is -4.28.